The third-order valence-electron chi connectivity index (χ3n) is 2.99. The van der Waals surface area contributed by atoms with Crippen LogP contribution in [0.1, 0.15) is 33.1 Å². The van der Waals surface area contributed by atoms with Crippen LogP contribution in [0, 0.1) is 0 Å². The SMILES string of the molecule is CCCCCNC(=O)[C@H](C)NS(=O)(=O)c1cc(Cl)ccc1Cl. The van der Waals surface area contributed by atoms with Crippen molar-refractivity contribution in [3.63, 3.8) is 0 Å². The second-order valence-electron chi connectivity index (χ2n) is 4.92. The van der Waals surface area contributed by atoms with Crippen LogP contribution < -0.4 is 10.0 Å². The molecular weight excluding hydrogens is 347 g/mol. The Labute approximate surface area is 141 Å². The van der Waals surface area contributed by atoms with Crippen LogP contribution >= 0.6 is 23.2 Å². The predicted molar refractivity (Wildman–Crippen MR) is 88.8 cm³/mol. The van der Waals surface area contributed by atoms with Gasteiger partial charge in [-0.2, -0.15) is 4.72 Å². The first-order chi connectivity index (χ1) is 10.3. The molecule has 22 heavy (non-hydrogen) atoms. The van der Waals surface area contributed by atoms with Crippen molar-refractivity contribution < 1.29 is 13.2 Å². The van der Waals surface area contributed by atoms with Crippen LogP contribution in [0.4, 0.5) is 0 Å². The molecule has 124 valence electrons. The first-order valence-corrected chi connectivity index (χ1v) is 9.27. The van der Waals surface area contributed by atoms with Gasteiger partial charge in [0.2, 0.25) is 15.9 Å². The van der Waals surface area contributed by atoms with Crippen molar-refractivity contribution in [3.8, 4) is 0 Å². The third-order valence-corrected chi connectivity index (χ3v) is 5.24. The molecule has 1 rings (SSSR count). The zero-order chi connectivity index (χ0) is 16.8. The summed E-state index contributed by atoms with van der Waals surface area (Å²) in [5.74, 6) is -0.377. The molecule has 0 unspecified atom stereocenters. The standard InChI is InChI=1S/C14H20Cl2N2O3S/c1-3-4-5-8-17-14(19)10(2)18-22(20,21)13-9-11(15)6-7-12(13)16/h6-7,9-10,18H,3-5,8H2,1-2H3,(H,17,19)/t10-/m0/s1. The average Bonchev–Trinajstić information content (AvgIpc) is 2.45. The molecule has 1 atom stereocenters. The summed E-state index contributed by atoms with van der Waals surface area (Å²) >= 11 is 11.7. The van der Waals surface area contributed by atoms with Gasteiger partial charge in [-0.25, -0.2) is 8.42 Å². The molecule has 0 radical (unpaired) electrons. The summed E-state index contributed by atoms with van der Waals surface area (Å²) in [7, 11) is -3.92. The maximum atomic E-state index is 12.3. The van der Waals surface area contributed by atoms with Gasteiger partial charge in [0.25, 0.3) is 0 Å². The van der Waals surface area contributed by atoms with Crippen molar-refractivity contribution in [2.45, 2.75) is 44.0 Å². The van der Waals surface area contributed by atoms with E-state index in [0.717, 1.165) is 19.3 Å². The van der Waals surface area contributed by atoms with Crippen LogP contribution in [0.25, 0.3) is 0 Å². The van der Waals surface area contributed by atoms with Gasteiger partial charge in [0.15, 0.2) is 0 Å². The molecule has 0 heterocycles. The number of unbranched alkanes of at least 4 members (excludes halogenated alkanes) is 2. The molecular formula is C14H20Cl2N2O3S. The van der Waals surface area contributed by atoms with E-state index in [9.17, 15) is 13.2 Å². The second-order valence-corrected chi connectivity index (χ2v) is 7.44. The number of hydrogen-bond donors (Lipinski definition) is 2. The molecule has 8 heteroatoms. The number of sulfonamides is 1. The number of carbonyl (C=O) groups is 1. The molecule has 0 aromatic heterocycles. The lowest BCUT2D eigenvalue weighted by Gasteiger charge is -2.15. The van der Waals surface area contributed by atoms with Crippen molar-refractivity contribution >= 4 is 39.1 Å². The lowest BCUT2D eigenvalue weighted by Crippen LogP contribution is -2.45. The molecule has 0 spiro atoms. The van der Waals surface area contributed by atoms with Crippen LogP contribution in [-0.4, -0.2) is 26.9 Å². The molecule has 0 saturated heterocycles. The highest BCUT2D eigenvalue weighted by atomic mass is 35.5. The molecule has 0 bridgehead atoms. The van der Waals surface area contributed by atoms with Crippen molar-refractivity contribution in [3.05, 3.63) is 28.2 Å². The highest BCUT2D eigenvalue weighted by Gasteiger charge is 2.24. The zero-order valence-electron chi connectivity index (χ0n) is 12.5. The van der Waals surface area contributed by atoms with Gasteiger partial charge in [0, 0.05) is 11.6 Å². The summed E-state index contributed by atoms with van der Waals surface area (Å²) in [5.41, 5.74) is 0. The number of rotatable bonds is 8. The fraction of sp³-hybridized carbons (Fsp3) is 0.500. The summed E-state index contributed by atoms with van der Waals surface area (Å²) in [6.45, 7) is 4.06. The molecule has 0 aliphatic heterocycles. The number of carbonyl (C=O) groups excluding carboxylic acids is 1. The molecule has 1 amide bonds. The van der Waals surface area contributed by atoms with Crippen LogP contribution in [0.2, 0.25) is 10.0 Å². The van der Waals surface area contributed by atoms with Gasteiger partial charge in [-0.1, -0.05) is 43.0 Å². The minimum atomic E-state index is -3.92. The van der Waals surface area contributed by atoms with E-state index >= 15 is 0 Å². The third kappa shape index (κ3) is 5.76. The van der Waals surface area contributed by atoms with Crippen LogP contribution in [0.5, 0.6) is 0 Å². The Hall–Kier alpha value is -0.820. The summed E-state index contributed by atoms with van der Waals surface area (Å²) in [6, 6.07) is 3.24. The van der Waals surface area contributed by atoms with Gasteiger partial charge in [-0.3, -0.25) is 4.79 Å². The van der Waals surface area contributed by atoms with Crippen molar-refractivity contribution in [1.29, 1.82) is 0 Å². The largest absolute Gasteiger partial charge is 0.355 e. The Morgan fingerprint density at radius 3 is 2.59 bits per heavy atom. The van der Waals surface area contributed by atoms with E-state index in [2.05, 4.69) is 17.0 Å². The van der Waals surface area contributed by atoms with Crippen LogP contribution in [-0.2, 0) is 14.8 Å². The Bertz CT molecular complexity index is 621. The second kappa shape index (κ2) is 8.72. The first kappa shape index (κ1) is 19.2. The maximum absolute atomic E-state index is 12.3. The molecule has 0 saturated carbocycles. The van der Waals surface area contributed by atoms with Crippen molar-refractivity contribution in [1.82, 2.24) is 10.0 Å². The number of benzene rings is 1. The van der Waals surface area contributed by atoms with Crippen molar-refractivity contribution in [2.24, 2.45) is 0 Å². The maximum Gasteiger partial charge on any atom is 0.242 e. The van der Waals surface area contributed by atoms with Gasteiger partial charge in [0.05, 0.1) is 11.1 Å². The summed E-state index contributed by atoms with van der Waals surface area (Å²) in [4.78, 5) is 11.7. The van der Waals surface area contributed by atoms with Crippen molar-refractivity contribution in [2.75, 3.05) is 6.54 Å². The minimum Gasteiger partial charge on any atom is -0.355 e. The molecule has 5 nitrogen and oxygen atoms in total. The molecule has 2 N–H and O–H groups in total. The lowest BCUT2D eigenvalue weighted by molar-refractivity contribution is -0.122. The smallest absolute Gasteiger partial charge is 0.242 e. The quantitative estimate of drug-likeness (QED) is 0.694. The fourth-order valence-corrected chi connectivity index (χ4v) is 3.74. The zero-order valence-corrected chi connectivity index (χ0v) is 14.9. The predicted octanol–water partition coefficient (Wildman–Crippen LogP) is 2.97. The number of nitrogens with one attached hydrogen (secondary N) is 2. The molecule has 1 aromatic rings. The van der Waals surface area contributed by atoms with E-state index < -0.39 is 16.1 Å². The average molecular weight is 367 g/mol. The summed E-state index contributed by atoms with van der Waals surface area (Å²) < 4.78 is 26.8. The molecule has 0 aliphatic carbocycles. The molecule has 0 aliphatic rings. The van der Waals surface area contributed by atoms with Gasteiger partial charge >= 0.3 is 0 Å². The van der Waals surface area contributed by atoms with Gasteiger partial charge in [-0.05, 0) is 31.5 Å². The van der Waals surface area contributed by atoms with Gasteiger partial charge in [0.1, 0.15) is 4.90 Å². The van der Waals surface area contributed by atoms with Gasteiger partial charge < -0.3 is 5.32 Å². The van der Waals surface area contributed by atoms with E-state index in [1.807, 2.05) is 0 Å². The Balaban J connectivity index is 2.71. The summed E-state index contributed by atoms with van der Waals surface area (Å²) in [5, 5.41) is 2.99. The topological polar surface area (TPSA) is 75.3 Å². The lowest BCUT2D eigenvalue weighted by atomic mass is 10.2. The van der Waals surface area contributed by atoms with Gasteiger partial charge in [-0.15, -0.1) is 0 Å². The van der Waals surface area contributed by atoms with E-state index in [0.29, 0.717) is 6.54 Å². The first-order valence-electron chi connectivity index (χ1n) is 7.03. The van der Waals surface area contributed by atoms with Crippen LogP contribution in [0.3, 0.4) is 0 Å². The highest BCUT2D eigenvalue weighted by Crippen LogP contribution is 2.24. The number of halogens is 2. The number of amides is 1. The number of hydrogen-bond acceptors (Lipinski definition) is 3. The fourth-order valence-electron chi connectivity index (χ4n) is 1.77. The Morgan fingerprint density at radius 1 is 1.27 bits per heavy atom. The molecule has 0 fully saturated rings. The van der Waals surface area contributed by atoms with E-state index in [1.54, 1.807) is 0 Å². The van der Waals surface area contributed by atoms with Crippen LogP contribution in [0.15, 0.2) is 23.1 Å². The minimum absolute atomic E-state index is 0.0486. The Kier molecular flexibility index (Phi) is 7.62. The summed E-state index contributed by atoms with van der Waals surface area (Å²) in [6.07, 6.45) is 2.92. The molecule has 1 aromatic carbocycles. The normalized spacial score (nSPS) is 12.9. The van der Waals surface area contributed by atoms with E-state index in [1.165, 1.54) is 25.1 Å². The van der Waals surface area contributed by atoms with E-state index in [-0.39, 0.29) is 20.8 Å². The monoisotopic (exact) mass is 366 g/mol. The Morgan fingerprint density at radius 2 is 1.95 bits per heavy atom. The highest BCUT2D eigenvalue weighted by molar-refractivity contribution is 7.89. The van der Waals surface area contributed by atoms with E-state index in [4.69, 9.17) is 23.2 Å².